The van der Waals surface area contributed by atoms with Gasteiger partial charge < -0.3 is 10.2 Å². The van der Waals surface area contributed by atoms with Gasteiger partial charge in [0.2, 0.25) is 5.91 Å². The molecule has 80 valence electrons. The van der Waals surface area contributed by atoms with E-state index >= 15 is 0 Å². The number of nitrogens with one attached hydrogen (secondary N) is 1. The summed E-state index contributed by atoms with van der Waals surface area (Å²) >= 11 is 0. The van der Waals surface area contributed by atoms with E-state index in [1.807, 2.05) is 0 Å². The molecule has 0 radical (unpaired) electrons. The van der Waals surface area contributed by atoms with Crippen LogP contribution in [0.3, 0.4) is 0 Å². The van der Waals surface area contributed by atoms with Gasteiger partial charge >= 0.3 is 0 Å². The lowest BCUT2D eigenvalue weighted by molar-refractivity contribution is -0.136. The molecule has 1 N–H and O–H groups in total. The van der Waals surface area contributed by atoms with Gasteiger partial charge in [-0.2, -0.15) is 0 Å². The Morgan fingerprint density at radius 1 is 1.43 bits per heavy atom. The Labute approximate surface area is 85.8 Å². The maximum atomic E-state index is 11.9. The summed E-state index contributed by atoms with van der Waals surface area (Å²) in [4.78, 5) is 14.0. The molecule has 0 aromatic carbocycles. The first-order valence-electron chi connectivity index (χ1n) is 5.81. The topological polar surface area (TPSA) is 32.3 Å². The highest BCUT2D eigenvalue weighted by Gasteiger charge is 2.29. The van der Waals surface area contributed by atoms with E-state index in [1.54, 1.807) is 0 Å². The maximum absolute atomic E-state index is 11.9. The first-order valence-corrected chi connectivity index (χ1v) is 5.81. The van der Waals surface area contributed by atoms with Crippen LogP contribution in [0.1, 0.15) is 32.6 Å². The molecule has 14 heavy (non-hydrogen) atoms. The molecule has 0 aromatic heterocycles. The summed E-state index contributed by atoms with van der Waals surface area (Å²) in [6, 6.07) is 0.479. The second-order valence-corrected chi connectivity index (χ2v) is 4.49. The van der Waals surface area contributed by atoms with E-state index in [0.717, 1.165) is 26.1 Å². The molecule has 3 heteroatoms. The molecule has 2 fully saturated rings. The summed E-state index contributed by atoms with van der Waals surface area (Å²) in [6.45, 7) is 4.93. The molecule has 0 bridgehead atoms. The first-order chi connectivity index (χ1) is 6.81. The van der Waals surface area contributed by atoms with Crippen molar-refractivity contribution in [3.05, 3.63) is 0 Å². The van der Waals surface area contributed by atoms with Gasteiger partial charge in [0.05, 0.1) is 6.04 Å². The number of carbonyl (C=O) groups excluding carboxylic acids is 1. The number of rotatable bonds is 4. The summed E-state index contributed by atoms with van der Waals surface area (Å²) in [5.74, 6) is 1.08. The van der Waals surface area contributed by atoms with Crippen LogP contribution in [0.2, 0.25) is 0 Å². The summed E-state index contributed by atoms with van der Waals surface area (Å²) in [5, 5.41) is 3.22. The van der Waals surface area contributed by atoms with Crippen LogP contribution >= 0.6 is 0 Å². The van der Waals surface area contributed by atoms with Crippen LogP contribution in [0.4, 0.5) is 0 Å². The average Bonchev–Trinajstić information content (AvgIpc) is 2.03. The lowest BCUT2D eigenvalue weighted by Crippen LogP contribution is -2.59. The zero-order valence-electron chi connectivity index (χ0n) is 8.96. The summed E-state index contributed by atoms with van der Waals surface area (Å²) < 4.78 is 0. The standard InChI is InChI=1S/C11H20N2O/c1-2-13(10-7-12-8-10)11(14)6-9-4-3-5-9/h9-10,12H,2-8H2,1H3. The highest BCUT2D eigenvalue weighted by molar-refractivity contribution is 5.77. The molecule has 1 saturated heterocycles. The van der Waals surface area contributed by atoms with Gasteiger partial charge in [0, 0.05) is 26.1 Å². The Kier molecular flexibility index (Phi) is 3.06. The minimum atomic E-state index is 0.378. The van der Waals surface area contributed by atoms with Crippen molar-refractivity contribution in [3.63, 3.8) is 0 Å². The largest absolute Gasteiger partial charge is 0.337 e. The van der Waals surface area contributed by atoms with Crippen LogP contribution in [-0.4, -0.2) is 36.5 Å². The quantitative estimate of drug-likeness (QED) is 0.727. The van der Waals surface area contributed by atoms with Crippen molar-refractivity contribution in [2.24, 2.45) is 5.92 Å². The average molecular weight is 196 g/mol. The van der Waals surface area contributed by atoms with Gasteiger partial charge in [-0.15, -0.1) is 0 Å². The van der Waals surface area contributed by atoms with Gasteiger partial charge in [-0.3, -0.25) is 4.79 Å². The smallest absolute Gasteiger partial charge is 0.223 e. The van der Waals surface area contributed by atoms with E-state index in [4.69, 9.17) is 0 Å². The third-order valence-corrected chi connectivity index (χ3v) is 3.55. The monoisotopic (exact) mass is 196 g/mol. The Bertz CT molecular complexity index is 209. The molecule has 0 spiro atoms. The summed E-state index contributed by atoms with van der Waals surface area (Å²) in [6.07, 6.45) is 4.66. The van der Waals surface area contributed by atoms with Crippen molar-refractivity contribution in [1.82, 2.24) is 10.2 Å². The Morgan fingerprint density at radius 3 is 2.50 bits per heavy atom. The number of hydrogen-bond donors (Lipinski definition) is 1. The second-order valence-electron chi connectivity index (χ2n) is 4.49. The molecule has 0 unspecified atom stereocenters. The van der Waals surface area contributed by atoms with E-state index in [1.165, 1.54) is 19.3 Å². The van der Waals surface area contributed by atoms with E-state index in [9.17, 15) is 4.79 Å². The molecule has 0 atom stereocenters. The van der Waals surface area contributed by atoms with E-state index in [0.29, 0.717) is 17.9 Å². The number of carbonyl (C=O) groups is 1. The van der Waals surface area contributed by atoms with Gasteiger partial charge in [0.1, 0.15) is 0 Å². The van der Waals surface area contributed by atoms with Crippen LogP contribution in [0.15, 0.2) is 0 Å². The van der Waals surface area contributed by atoms with E-state index in [-0.39, 0.29) is 0 Å². The normalized spacial score (nSPS) is 22.6. The highest BCUT2D eigenvalue weighted by Crippen LogP contribution is 2.30. The molecule has 1 saturated carbocycles. The lowest BCUT2D eigenvalue weighted by atomic mass is 9.82. The van der Waals surface area contributed by atoms with Crippen LogP contribution in [-0.2, 0) is 4.79 Å². The number of nitrogens with zero attached hydrogens (tertiary/aromatic N) is 1. The van der Waals surface area contributed by atoms with Crippen LogP contribution in [0, 0.1) is 5.92 Å². The summed E-state index contributed by atoms with van der Waals surface area (Å²) in [7, 11) is 0. The molecule has 1 amide bonds. The molecular weight excluding hydrogens is 176 g/mol. The molecule has 1 aliphatic carbocycles. The van der Waals surface area contributed by atoms with Gasteiger partial charge in [0.15, 0.2) is 0 Å². The summed E-state index contributed by atoms with van der Waals surface area (Å²) in [5.41, 5.74) is 0. The molecule has 1 heterocycles. The molecule has 2 rings (SSSR count). The molecular formula is C11H20N2O. The van der Waals surface area contributed by atoms with E-state index in [2.05, 4.69) is 17.1 Å². The van der Waals surface area contributed by atoms with Gasteiger partial charge in [-0.05, 0) is 25.7 Å². The van der Waals surface area contributed by atoms with Crippen LogP contribution < -0.4 is 5.32 Å². The van der Waals surface area contributed by atoms with Gasteiger partial charge in [-0.1, -0.05) is 6.42 Å². The fourth-order valence-electron chi connectivity index (χ4n) is 2.19. The Morgan fingerprint density at radius 2 is 2.14 bits per heavy atom. The lowest BCUT2D eigenvalue weighted by Gasteiger charge is -2.39. The SMILES string of the molecule is CCN(C(=O)CC1CCC1)C1CNC1. The molecule has 3 nitrogen and oxygen atoms in total. The minimum Gasteiger partial charge on any atom is -0.337 e. The maximum Gasteiger partial charge on any atom is 0.223 e. The fourth-order valence-corrected chi connectivity index (χ4v) is 2.19. The van der Waals surface area contributed by atoms with Crippen molar-refractivity contribution in [2.45, 2.75) is 38.6 Å². The van der Waals surface area contributed by atoms with Gasteiger partial charge in [-0.25, -0.2) is 0 Å². The predicted octanol–water partition coefficient (Wildman–Crippen LogP) is 0.997. The predicted molar refractivity (Wildman–Crippen MR) is 56.0 cm³/mol. The van der Waals surface area contributed by atoms with Crippen molar-refractivity contribution in [3.8, 4) is 0 Å². The Balaban J connectivity index is 1.80. The Hall–Kier alpha value is -0.570. The highest BCUT2D eigenvalue weighted by atomic mass is 16.2. The van der Waals surface area contributed by atoms with Crippen molar-refractivity contribution in [1.29, 1.82) is 0 Å². The number of hydrogen-bond acceptors (Lipinski definition) is 2. The van der Waals surface area contributed by atoms with Gasteiger partial charge in [0.25, 0.3) is 0 Å². The fraction of sp³-hybridized carbons (Fsp3) is 0.909. The second kappa shape index (κ2) is 4.30. The number of amides is 1. The first kappa shape index (κ1) is 9.97. The molecule has 0 aromatic rings. The van der Waals surface area contributed by atoms with Crippen LogP contribution in [0.25, 0.3) is 0 Å². The van der Waals surface area contributed by atoms with E-state index < -0.39 is 0 Å². The molecule has 2 aliphatic rings. The van der Waals surface area contributed by atoms with Crippen LogP contribution in [0.5, 0.6) is 0 Å². The zero-order valence-corrected chi connectivity index (χ0v) is 8.96. The molecule has 1 aliphatic heterocycles. The van der Waals surface area contributed by atoms with Crippen molar-refractivity contribution in [2.75, 3.05) is 19.6 Å². The van der Waals surface area contributed by atoms with Crippen molar-refractivity contribution < 1.29 is 4.79 Å². The van der Waals surface area contributed by atoms with Crippen molar-refractivity contribution >= 4 is 5.91 Å². The zero-order chi connectivity index (χ0) is 9.97. The third kappa shape index (κ3) is 1.92. The third-order valence-electron chi connectivity index (χ3n) is 3.55. The minimum absolute atomic E-state index is 0.378. The number of likely N-dealkylation sites (N-methyl/N-ethyl adjacent to an activating group) is 1.